The monoisotopic (exact) mass is 920 g/mol. The molecule has 0 amide bonds. The lowest BCUT2D eigenvalue weighted by molar-refractivity contribution is 0.105. The third-order valence-corrected chi connectivity index (χ3v) is 13.5. The molecule has 4 heterocycles. The van der Waals surface area contributed by atoms with Crippen LogP contribution in [0.3, 0.4) is 0 Å². The quantitative estimate of drug-likeness (QED) is 0.112. The zero-order valence-electron chi connectivity index (χ0n) is 42.4. The first-order valence-electron chi connectivity index (χ1n) is 24.0. The third kappa shape index (κ3) is 9.22. The molecular formula is C64H60N2O4. The van der Waals surface area contributed by atoms with Crippen molar-refractivity contribution in [3.8, 4) is 16.9 Å². The zero-order valence-corrected chi connectivity index (χ0v) is 42.4. The van der Waals surface area contributed by atoms with E-state index < -0.39 is 0 Å². The van der Waals surface area contributed by atoms with Gasteiger partial charge in [0.1, 0.15) is 16.9 Å². The Morgan fingerprint density at radius 1 is 0.429 bits per heavy atom. The lowest BCUT2D eigenvalue weighted by Crippen LogP contribution is -2.29. The smallest absolute Gasteiger partial charge is 0.344 e. The summed E-state index contributed by atoms with van der Waals surface area (Å²) in [5.74, 6) is 0.997. The average molecular weight is 921 g/mol. The molecule has 6 nitrogen and oxygen atoms in total. The molecule has 0 fully saturated rings. The minimum absolute atomic E-state index is 0.0757. The number of hydrogen-bond acceptors (Lipinski definition) is 5. The fraction of sp³-hybridized carbons (Fsp3) is 0.203. The Kier molecular flexibility index (Phi) is 12.5. The van der Waals surface area contributed by atoms with Crippen molar-refractivity contribution >= 4 is 65.1 Å². The van der Waals surface area contributed by atoms with E-state index in [0.717, 1.165) is 66.1 Å². The summed E-state index contributed by atoms with van der Waals surface area (Å²) in [5.41, 5.74) is 16.7. The summed E-state index contributed by atoms with van der Waals surface area (Å²) in [5, 5.41) is 9.40. The van der Waals surface area contributed by atoms with E-state index in [1.54, 1.807) is 4.57 Å². The second-order valence-electron chi connectivity index (χ2n) is 19.8. The summed E-state index contributed by atoms with van der Waals surface area (Å²) in [6.45, 7) is 22.8. The van der Waals surface area contributed by atoms with Crippen molar-refractivity contribution in [2.75, 3.05) is 0 Å². The predicted molar refractivity (Wildman–Crippen MR) is 294 cm³/mol. The topological polar surface area (TPSA) is 74.3 Å². The van der Waals surface area contributed by atoms with Crippen LogP contribution in [0, 0.1) is 62.3 Å². The van der Waals surface area contributed by atoms with E-state index in [1.807, 2.05) is 83.3 Å². The summed E-state index contributed by atoms with van der Waals surface area (Å²) in [6.07, 6.45) is 0. The summed E-state index contributed by atoms with van der Waals surface area (Å²) in [4.78, 5) is 29.0. The molecule has 1 aliphatic heterocycles. The lowest BCUT2D eigenvalue weighted by Gasteiger charge is -2.35. The Morgan fingerprint density at radius 3 is 1.54 bits per heavy atom. The highest BCUT2D eigenvalue weighted by Crippen LogP contribution is 2.45. The van der Waals surface area contributed by atoms with Crippen molar-refractivity contribution in [3.63, 3.8) is 0 Å². The summed E-state index contributed by atoms with van der Waals surface area (Å²) >= 11 is 0. The number of pyridine rings is 2. The van der Waals surface area contributed by atoms with E-state index >= 15 is 0 Å². The molecular weight excluding hydrogens is 861 g/mol. The third-order valence-electron chi connectivity index (χ3n) is 13.5. The molecule has 350 valence electrons. The molecule has 0 atom stereocenters. The summed E-state index contributed by atoms with van der Waals surface area (Å²) in [6, 6.07) is 50.3. The van der Waals surface area contributed by atoms with Crippen LogP contribution in [0.4, 0.5) is 0 Å². The number of aromatic nitrogens is 2. The molecule has 0 aliphatic carbocycles. The lowest BCUT2D eigenvalue weighted by atomic mass is 9.85. The molecule has 70 heavy (non-hydrogen) atoms. The molecule has 0 unspecified atom stereocenters. The Bertz CT molecular complexity index is 4000. The Morgan fingerprint density at radius 2 is 0.886 bits per heavy atom. The van der Waals surface area contributed by atoms with E-state index in [4.69, 9.17) is 14.1 Å². The molecule has 1 aliphatic rings. The molecule has 0 bridgehead atoms. The Balaban J connectivity index is 0.000000116. The number of rotatable bonds is 0. The van der Waals surface area contributed by atoms with E-state index in [2.05, 4.69) is 146 Å². The van der Waals surface area contributed by atoms with Crippen LogP contribution >= 0.6 is 0 Å². The van der Waals surface area contributed by atoms with Gasteiger partial charge in [-0.05, 0) is 163 Å². The molecule has 0 saturated heterocycles. The van der Waals surface area contributed by atoms with Gasteiger partial charge in [0.15, 0.2) is 0 Å². The normalized spacial score (nSPS) is 12.3. The van der Waals surface area contributed by atoms with Crippen molar-refractivity contribution in [1.29, 1.82) is 0 Å². The highest BCUT2D eigenvalue weighted by molar-refractivity contribution is 6.08. The minimum atomic E-state index is -0.262. The number of fused-ring (bicyclic) bond motifs is 12. The maximum Gasteiger partial charge on any atom is 0.344 e. The van der Waals surface area contributed by atoms with Crippen LogP contribution in [0.25, 0.3) is 76.2 Å². The average Bonchev–Trinajstić information content (AvgIpc) is 3.31. The highest BCUT2D eigenvalue weighted by Gasteiger charge is 2.32. The molecule has 0 saturated carbocycles. The first-order chi connectivity index (χ1) is 33.3. The number of hydrogen-bond donors (Lipinski definition) is 0. The van der Waals surface area contributed by atoms with Crippen LogP contribution < -0.4 is 15.9 Å². The number of benzene rings is 8. The van der Waals surface area contributed by atoms with Crippen molar-refractivity contribution in [2.24, 2.45) is 7.05 Å². The van der Waals surface area contributed by atoms with Crippen LogP contribution in [0.2, 0.25) is 0 Å². The Labute approximate surface area is 409 Å². The summed E-state index contributed by atoms with van der Waals surface area (Å²) in [7, 11) is 1.84. The van der Waals surface area contributed by atoms with E-state index in [-0.39, 0.29) is 16.8 Å². The van der Waals surface area contributed by atoms with Crippen molar-refractivity contribution in [2.45, 2.75) is 81.8 Å². The maximum atomic E-state index is 12.4. The SMILES string of the molecule is Cc1ccc2c(c1)OC(C)(C)c1cc(C)ccc1-2.Cc1ccc2c(c1)c(=O)n(C)c1cc(C)ccc21.Cc1ccc2c(c1)nc(C)c1cc(C)ccc12.Cc1ccc2c(c1)oc(=O)c1cc(C)ccc12. The standard InChI is InChI=1S/C17H18O.C16H15NO.C16H15N.C15H12O2/c1-11-5-7-13-14-8-6-12(2)10-16(14)18-17(3,4)15(13)9-11;1-10-4-6-12-13-7-5-11(2)9-15(13)17(3)16(18)14(12)8-10;1-10-4-6-13-14-7-5-11(2)9-16(14)17-12(3)15(13)8-10;1-9-3-5-11-12-6-4-10(2)8-14(12)17-15(16)13(11)7-9/h5-10H,1-4H3;4-9H,1-3H3;4-9H,1-3H3;3-8H,1-2H3. The van der Waals surface area contributed by atoms with Crippen LogP contribution in [0.5, 0.6) is 5.75 Å². The van der Waals surface area contributed by atoms with Gasteiger partial charge < -0.3 is 13.7 Å². The first kappa shape index (κ1) is 47.2. The van der Waals surface area contributed by atoms with Crippen LogP contribution in [-0.4, -0.2) is 9.55 Å². The van der Waals surface area contributed by atoms with Gasteiger partial charge in [0.05, 0.1) is 16.4 Å². The van der Waals surface area contributed by atoms with Crippen LogP contribution in [-0.2, 0) is 12.6 Å². The van der Waals surface area contributed by atoms with Crippen molar-refractivity contribution in [1.82, 2.24) is 9.55 Å². The van der Waals surface area contributed by atoms with Gasteiger partial charge in [0, 0.05) is 50.8 Å². The number of nitrogens with zero attached hydrogens (tertiary/aromatic N) is 2. The van der Waals surface area contributed by atoms with E-state index in [0.29, 0.717) is 11.0 Å². The fourth-order valence-corrected chi connectivity index (χ4v) is 9.71. The molecule has 8 aromatic carbocycles. The van der Waals surface area contributed by atoms with Gasteiger partial charge in [-0.3, -0.25) is 9.78 Å². The Hall–Kier alpha value is -7.83. The molecule has 0 N–H and O–H groups in total. The molecule has 12 rings (SSSR count). The predicted octanol–water partition coefficient (Wildman–Crippen LogP) is 15.8. The summed E-state index contributed by atoms with van der Waals surface area (Å²) < 4.78 is 13.3. The van der Waals surface area contributed by atoms with E-state index in [1.165, 1.54) is 60.7 Å². The van der Waals surface area contributed by atoms with Gasteiger partial charge in [-0.15, -0.1) is 0 Å². The first-order valence-corrected chi connectivity index (χ1v) is 24.0. The van der Waals surface area contributed by atoms with Gasteiger partial charge in [0.2, 0.25) is 0 Å². The molecule has 0 spiro atoms. The van der Waals surface area contributed by atoms with Gasteiger partial charge in [-0.25, -0.2) is 4.79 Å². The largest absolute Gasteiger partial charge is 0.482 e. The second-order valence-corrected chi connectivity index (χ2v) is 19.8. The number of ether oxygens (including phenoxy) is 1. The van der Waals surface area contributed by atoms with Crippen molar-refractivity contribution < 1.29 is 9.15 Å². The maximum absolute atomic E-state index is 12.4. The minimum Gasteiger partial charge on any atom is -0.482 e. The molecule has 6 heteroatoms. The molecule has 11 aromatic rings. The van der Waals surface area contributed by atoms with Gasteiger partial charge >= 0.3 is 5.63 Å². The van der Waals surface area contributed by atoms with Crippen LogP contribution in [0.15, 0.2) is 160 Å². The highest BCUT2D eigenvalue weighted by atomic mass is 16.5. The van der Waals surface area contributed by atoms with Gasteiger partial charge in [0.25, 0.3) is 5.56 Å². The molecule has 0 radical (unpaired) electrons. The van der Waals surface area contributed by atoms with Gasteiger partial charge in [-0.1, -0.05) is 125 Å². The fourth-order valence-electron chi connectivity index (χ4n) is 9.71. The van der Waals surface area contributed by atoms with Crippen LogP contribution in [0.1, 0.15) is 69.6 Å². The van der Waals surface area contributed by atoms with Gasteiger partial charge in [-0.2, -0.15) is 0 Å². The molecule has 3 aromatic heterocycles. The number of aryl methyl sites for hydroxylation is 10. The van der Waals surface area contributed by atoms with E-state index in [9.17, 15) is 9.59 Å². The second kappa shape index (κ2) is 18.6. The van der Waals surface area contributed by atoms with Crippen molar-refractivity contribution in [3.05, 3.63) is 222 Å². The zero-order chi connectivity index (χ0) is 49.8.